The smallest absolute Gasteiger partial charge is 0.237 e. The van der Waals surface area contributed by atoms with Gasteiger partial charge in [0.1, 0.15) is 0 Å². The Labute approximate surface area is 114 Å². The monoisotopic (exact) mass is 268 g/mol. The molecule has 0 unspecified atom stereocenters. The van der Waals surface area contributed by atoms with Gasteiger partial charge in [-0.25, -0.2) is 0 Å². The van der Waals surface area contributed by atoms with E-state index in [0.29, 0.717) is 17.4 Å². The number of rotatable bonds is 5. The van der Waals surface area contributed by atoms with Crippen molar-refractivity contribution in [3.8, 4) is 0 Å². The average molecular weight is 269 g/mol. The molecule has 0 fully saturated rings. The van der Waals surface area contributed by atoms with Crippen molar-refractivity contribution in [2.24, 2.45) is 11.7 Å². The number of benzene rings is 1. The van der Waals surface area contributed by atoms with Gasteiger partial charge in [-0.1, -0.05) is 43.6 Å². The maximum Gasteiger partial charge on any atom is 0.237 e. The zero-order chi connectivity index (χ0) is 13.7. The molecule has 0 aliphatic rings. The highest BCUT2D eigenvalue weighted by molar-refractivity contribution is 6.31. The van der Waals surface area contributed by atoms with Gasteiger partial charge >= 0.3 is 0 Å². The molecule has 0 heterocycles. The summed E-state index contributed by atoms with van der Waals surface area (Å²) in [5.41, 5.74) is 6.74. The van der Waals surface area contributed by atoms with Gasteiger partial charge in [0, 0.05) is 5.02 Å². The van der Waals surface area contributed by atoms with Crippen molar-refractivity contribution in [3.05, 3.63) is 34.9 Å². The van der Waals surface area contributed by atoms with Crippen LogP contribution in [0.25, 0.3) is 0 Å². The summed E-state index contributed by atoms with van der Waals surface area (Å²) in [4.78, 5) is 11.9. The highest BCUT2D eigenvalue weighted by Gasteiger charge is 2.18. The van der Waals surface area contributed by atoms with E-state index in [1.54, 1.807) is 0 Å². The average Bonchev–Trinajstić information content (AvgIpc) is 2.28. The van der Waals surface area contributed by atoms with E-state index in [2.05, 4.69) is 5.32 Å². The molecule has 0 aliphatic heterocycles. The van der Waals surface area contributed by atoms with Gasteiger partial charge in [0.05, 0.1) is 12.1 Å². The number of nitrogens with two attached hydrogens (primary N) is 1. The molecular formula is C14H21ClN2O. The zero-order valence-corrected chi connectivity index (χ0v) is 11.9. The van der Waals surface area contributed by atoms with E-state index in [4.69, 9.17) is 17.3 Å². The summed E-state index contributed by atoms with van der Waals surface area (Å²) in [6.07, 6.45) is 0.682. The van der Waals surface area contributed by atoms with Crippen molar-refractivity contribution < 1.29 is 4.79 Å². The number of carbonyl (C=O) groups excluding carboxylic acids is 1. The van der Waals surface area contributed by atoms with Crippen LogP contribution < -0.4 is 11.1 Å². The SMILES string of the molecule is CC(C)C[C@H](N)C(=O)N[C@@H](C)c1ccccc1Cl. The Kier molecular flexibility index (Phi) is 5.63. The van der Waals surface area contributed by atoms with Crippen LogP contribution in [0.15, 0.2) is 24.3 Å². The number of amides is 1. The van der Waals surface area contributed by atoms with E-state index in [1.165, 1.54) is 0 Å². The molecule has 1 amide bonds. The summed E-state index contributed by atoms with van der Waals surface area (Å²) >= 11 is 6.08. The molecule has 2 atom stereocenters. The van der Waals surface area contributed by atoms with Gasteiger partial charge in [0.15, 0.2) is 0 Å². The Hall–Kier alpha value is -1.06. The standard InChI is InChI=1S/C14H21ClN2O/c1-9(2)8-13(16)14(18)17-10(3)11-6-4-5-7-12(11)15/h4-7,9-10,13H,8,16H2,1-3H3,(H,17,18)/t10-,13-/m0/s1. The van der Waals surface area contributed by atoms with Gasteiger partial charge in [0.25, 0.3) is 0 Å². The van der Waals surface area contributed by atoms with Gasteiger partial charge in [-0.05, 0) is 30.9 Å². The minimum atomic E-state index is -0.463. The van der Waals surface area contributed by atoms with Crippen LogP contribution in [0.1, 0.15) is 38.8 Å². The summed E-state index contributed by atoms with van der Waals surface area (Å²) < 4.78 is 0. The van der Waals surface area contributed by atoms with Crippen LogP contribution in [0.2, 0.25) is 5.02 Å². The molecule has 0 bridgehead atoms. The van der Waals surface area contributed by atoms with E-state index in [9.17, 15) is 4.79 Å². The molecule has 4 heteroatoms. The number of carbonyl (C=O) groups is 1. The first-order valence-electron chi connectivity index (χ1n) is 6.22. The molecule has 1 aromatic carbocycles. The van der Waals surface area contributed by atoms with Crippen molar-refractivity contribution in [3.63, 3.8) is 0 Å². The second-order valence-electron chi connectivity index (χ2n) is 4.99. The zero-order valence-electron chi connectivity index (χ0n) is 11.1. The molecule has 0 spiro atoms. The number of nitrogens with one attached hydrogen (secondary N) is 1. The van der Waals surface area contributed by atoms with Crippen molar-refractivity contribution in [1.82, 2.24) is 5.32 Å². The van der Waals surface area contributed by atoms with E-state index in [0.717, 1.165) is 5.56 Å². The Morgan fingerprint density at radius 1 is 1.33 bits per heavy atom. The topological polar surface area (TPSA) is 55.1 Å². The van der Waals surface area contributed by atoms with Crippen molar-refractivity contribution >= 4 is 17.5 Å². The molecule has 1 aromatic rings. The van der Waals surface area contributed by atoms with Gasteiger partial charge < -0.3 is 11.1 Å². The van der Waals surface area contributed by atoms with Crippen molar-refractivity contribution in [2.45, 2.75) is 39.3 Å². The minimum Gasteiger partial charge on any atom is -0.348 e. The highest BCUT2D eigenvalue weighted by atomic mass is 35.5. The molecule has 3 N–H and O–H groups in total. The van der Waals surface area contributed by atoms with Gasteiger partial charge in [-0.2, -0.15) is 0 Å². The highest BCUT2D eigenvalue weighted by Crippen LogP contribution is 2.22. The molecule has 3 nitrogen and oxygen atoms in total. The normalized spacial score (nSPS) is 14.3. The van der Waals surface area contributed by atoms with Crippen molar-refractivity contribution in [1.29, 1.82) is 0 Å². The van der Waals surface area contributed by atoms with Crippen molar-refractivity contribution in [2.75, 3.05) is 0 Å². The maximum atomic E-state index is 11.9. The van der Waals surface area contributed by atoms with E-state index in [-0.39, 0.29) is 11.9 Å². The predicted molar refractivity (Wildman–Crippen MR) is 75.4 cm³/mol. The van der Waals surface area contributed by atoms with Crippen LogP contribution in [0.5, 0.6) is 0 Å². The lowest BCUT2D eigenvalue weighted by Crippen LogP contribution is -2.42. The molecule has 0 aromatic heterocycles. The quantitative estimate of drug-likeness (QED) is 0.863. The van der Waals surface area contributed by atoms with E-state index in [1.807, 2.05) is 45.0 Å². The fourth-order valence-electron chi connectivity index (χ4n) is 1.84. The van der Waals surface area contributed by atoms with Crippen LogP contribution in [-0.2, 0) is 4.79 Å². The van der Waals surface area contributed by atoms with Crippen LogP contribution >= 0.6 is 11.6 Å². The second-order valence-corrected chi connectivity index (χ2v) is 5.40. The minimum absolute atomic E-state index is 0.129. The van der Waals surface area contributed by atoms with Crippen LogP contribution in [-0.4, -0.2) is 11.9 Å². The molecular weight excluding hydrogens is 248 g/mol. The van der Waals surface area contributed by atoms with Gasteiger partial charge in [0.2, 0.25) is 5.91 Å². The largest absolute Gasteiger partial charge is 0.348 e. The van der Waals surface area contributed by atoms with Gasteiger partial charge in [-0.3, -0.25) is 4.79 Å². The maximum absolute atomic E-state index is 11.9. The first kappa shape index (κ1) is 15.0. The van der Waals surface area contributed by atoms with Gasteiger partial charge in [-0.15, -0.1) is 0 Å². The molecule has 18 heavy (non-hydrogen) atoms. The number of hydrogen-bond donors (Lipinski definition) is 2. The molecule has 100 valence electrons. The Morgan fingerprint density at radius 2 is 1.94 bits per heavy atom. The lowest BCUT2D eigenvalue weighted by atomic mass is 10.0. The molecule has 0 saturated carbocycles. The first-order chi connectivity index (χ1) is 8.41. The van der Waals surface area contributed by atoms with E-state index >= 15 is 0 Å². The van der Waals surface area contributed by atoms with Crippen LogP contribution in [0, 0.1) is 5.92 Å². The third-order valence-corrected chi connectivity index (χ3v) is 3.14. The number of halogens is 1. The third-order valence-electron chi connectivity index (χ3n) is 2.79. The molecule has 0 saturated heterocycles. The molecule has 0 aliphatic carbocycles. The third kappa shape index (κ3) is 4.31. The summed E-state index contributed by atoms with van der Waals surface area (Å²) in [6.45, 7) is 6.00. The van der Waals surface area contributed by atoms with Crippen LogP contribution in [0.4, 0.5) is 0 Å². The van der Waals surface area contributed by atoms with Crippen LogP contribution in [0.3, 0.4) is 0 Å². The summed E-state index contributed by atoms with van der Waals surface area (Å²) in [6, 6.07) is 6.89. The Balaban J connectivity index is 2.62. The number of hydrogen-bond acceptors (Lipinski definition) is 2. The lowest BCUT2D eigenvalue weighted by molar-refractivity contribution is -0.123. The second kappa shape index (κ2) is 6.76. The Bertz CT molecular complexity index is 407. The first-order valence-corrected chi connectivity index (χ1v) is 6.60. The summed E-state index contributed by atoms with van der Waals surface area (Å²) in [5.74, 6) is 0.275. The summed E-state index contributed by atoms with van der Waals surface area (Å²) in [7, 11) is 0. The predicted octanol–water partition coefficient (Wildman–Crippen LogP) is 2.89. The van der Waals surface area contributed by atoms with E-state index < -0.39 is 6.04 Å². The molecule has 1 rings (SSSR count). The fraction of sp³-hybridized carbons (Fsp3) is 0.500. The Morgan fingerprint density at radius 3 is 2.50 bits per heavy atom. The fourth-order valence-corrected chi connectivity index (χ4v) is 2.14. The summed E-state index contributed by atoms with van der Waals surface area (Å²) in [5, 5.41) is 3.55. The lowest BCUT2D eigenvalue weighted by Gasteiger charge is -2.19. The molecule has 0 radical (unpaired) electrons.